The Morgan fingerprint density at radius 1 is 0.654 bits per heavy atom. The van der Waals surface area contributed by atoms with Crippen LogP contribution in [0.3, 0.4) is 0 Å². The summed E-state index contributed by atoms with van der Waals surface area (Å²) >= 11 is 0. The molecule has 0 saturated heterocycles. The molecule has 0 aromatic rings. The molecule has 0 aromatic carbocycles. The third-order valence-electron chi connectivity index (χ3n) is 8.85. The molecule has 0 fully saturated rings. The highest BCUT2D eigenvalue weighted by Gasteiger charge is 2.26. The maximum atomic E-state index is 12.7. The highest BCUT2D eigenvalue weighted by atomic mass is 31.2. The Kier molecular flexibility index (Phi) is 37.6. The molecule has 52 heavy (non-hydrogen) atoms. The quantitative estimate of drug-likeness (QED) is 0.0281. The molecule has 3 atom stereocenters. The van der Waals surface area contributed by atoms with Gasteiger partial charge in [-0.1, -0.05) is 171 Å². The molecule has 9 heteroatoms. The van der Waals surface area contributed by atoms with Crippen molar-refractivity contribution in [3.63, 3.8) is 0 Å². The summed E-state index contributed by atoms with van der Waals surface area (Å²) < 4.78 is 22.1. The van der Waals surface area contributed by atoms with Gasteiger partial charge in [-0.3, -0.25) is 13.8 Å². The Morgan fingerprint density at radius 3 is 1.63 bits per heavy atom. The average molecular weight is 751 g/mol. The molecule has 1 amide bonds. The van der Waals surface area contributed by atoms with E-state index in [1.807, 2.05) is 6.08 Å². The van der Waals surface area contributed by atoms with E-state index < -0.39 is 20.0 Å². The summed E-state index contributed by atoms with van der Waals surface area (Å²) in [7, 11) is -4.34. The van der Waals surface area contributed by atoms with Crippen LogP contribution < -0.4 is 11.1 Å². The predicted molar refractivity (Wildman–Crippen MR) is 221 cm³/mol. The Bertz CT molecular complexity index is 996. The van der Waals surface area contributed by atoms with Crippen molar-refractivity contribution in [1.82, 2.24) is 5.32 Å². The van der Waals surface area contributed by atoms with Crippen molar-refractivity contribution in [1.29, 1.82) is 0 Å². The van der Waals surface area contributed by atoms with Gasteiger partial charge in [-0.15, -0.1) is 0 Å². The molecule has 0 bridgehead atoms. The second-order valence-corrected chi connectivity index (χ2v) is 15.3. The van der Waals surface area contributed by atoms with Gasteiger partial charge >= 0.3 is 7.82 Å². The number of carbonyl (C=O) groups is 1. The first-order valence-electron chi connectivity index (χ1n) is 20.9. The van der Waals surface area contributed by atoms with E-state index in [1.165, 1.54) is 83.5 Å². The standard InChI is InChI=1S/C43H79N2O6P/c1-3-5-7-9-11-13-15-17-18-19-20-21-22-23-24-25-27-29-31-33-35-37-43(47)45-41(40-51-52(48,49)50-39-38-44)42(46)36-34-32-30-28-26-16-14-12-10-8-6-4-2/h5,7,11,13,17-18,20-21,34,36,41-42,46H,3-4,6,8-10,12,14-16,19,22-33,35,37-40,44H2,1-2H3,(H,45,47)(H,48,49)/b7-5-,13-11-,18-17-,21-20-,36-34+. The number of hydrogen-bond acceptors (Lipinski definition) is 6. The van der Waals surface area contributed by atoms with Crippen LogP contribution in [-0.2, 0) is 18.4 Å². The fraction of sp³-hybridized carbons (Fsp3) is 0.744. The molecular weight excluding hydrogens is 671 g/mol. The lowest BCUT2D eigenvalue weighted by Crippen LogP contribution is -2.45. The monoisotopic (exact) mass is 751 g/mol. The summed E-state index contributed by atoms with van der Waals surface area (Å²) in [4.78, 5) is 22.7. The zero-order valence-electron chi connectivity index (χ0n) is 33.3. The van der Waals surface area contributed by atoms with Crippen molar-refractivity contribution in [2.45, 2.75) is 187 Å². The topological polar surface area (TPSA) is 131 Å². The molecule has 5 N–H and O–H groups in total. The molecule has 0 aliphatic rings. The second kappa shape index (κ2) is 38.9. The van der Waals surface area contributed by atoms with Gasteiger partial charge in [0.05, 0.1) is 25.4 Å². The first-order valence-corrected chi connectivity index (χ1v) is 22.4. The molecule has 0 rings (SSSR count). The van der Waals surface area contributed by atoms with Crippen LogP contribution in [-0.4, -0.2) is 47.8 Å². The Labute approximate surface area is 319 Å². The van der Waals surface area contributed by atoms with Gasteiger partial charge in [-0.25, -0.2) is 4.57 Å². The third-order valence-corrected chi connectivity index (χ3v) is 9.83. The number of phosphoric ester groups is 1. The van der Waals surface area contributed by atoms with Gasteiger partial charge in [0.15, 0.2) is 0 Å². The number of allylic oxidation sites excluding steroid dienone is 9. The first kappa shape index (κ1) is 50.2. The van der Waals surface area contributed by atoms with Gasteiger partial charge in [0, 0.05) is 13.0 Å². The predicted octanol–water partition coefficient (Wildman–Crippen LogP) is 11.5. The van der Waals surface area contributed by atoms with Gasteiger partial charge < -0.3 is 21.1 Å². The van der Waals surface area contributed by atoms with Gasteiger partial charge in [-0.05, 0) is 57.8 Å². The van der Waals surface area contributed by atoms with E-state index in [0.29, 0.717) is 6.42 Å². The van der Waals surface area contributed by atoms with E-state index in [-0.39, 0.29) is 25.7 Å². The molecule has 0 heterocycles. The third kappa shape index (κ3) is 36.6. The van der Waals surface area contributed by atoms with Gasteiger partial charge in [0.1, 0.15) is 0 Å². The zero-order chi connectivity index (χ0) is 38.2. The fourth-order valence-corrected chi connectivity index (χ4v) is 6.47. The van der Waals surface area contributed by atoms with Crippen molar-refractivity contribution < 1.29 is 28.4 Å². The van der Waals surface area contributed by atoms with Gasteiger partial charge in [-0.2, -0.15) is 0 Å². The number of carbonyl (C=O) groups excluding carboxylic acids is 1. The molecule has 3 unspecified atom stereocenters. The molecule has 302 valence electrons. The van der Waals surface area contributed by atoms with E-state index in [4.69, 9.17) is 14.8 Å². The average Bonchev–Trinajstić information content (AvgIpc) is 3.13. The van der Waals surface area contributed by atoms with E-state index in [9.17, 15) is 19.4 Å². The summed E-state index contributed by atoms with van der Waals surface area (Å²) in [5.41, 5.74) is 5.36. The molecule has 0 aliphatic heterocycles. The number of amides is 1. The largest absolute Gasteiger partial charge is 0.472 e. The highest BCUT2D eigenvalue weighted by molar-refractivity contribution is 7.47. The van der Waals surface area contributed by atoms with Crippen LogP contribution in [0.4, 0.5) is 0 Å². The zero-order valence-corrected chi connectivity index (χ0v) is 34.2. The summed E-state index contributed by atoms with van der Waals surface area (Å²) in [5.74, 6) is -0.206. The summed E-state index contributed by atoms with van der Waals surface area (Å²) in [6.45, 7) is 3.99. The van der Waals surface area contributed by atoms with Gasteiger partial charge in [0.25, 0.3) is 0 Å². The van der Waals surface area contributed by atoms with E-state index in [1.54, 1.807) is 6.08 Å². The Balaban J connectivity index is 4.21. The summed E-state index contributed by atoms with van der Waals surface area (Å²) in [6.07, 6.45) is 48.3. The number of rotatable bonds is 38. The van der Waals surface area contributed by atoms with E-state index >= 15 is 0 Å². The number of hydrogen-bond donors (Lipinski definition) is 4. The number of unbranched alkanes of at least 4 members (excludes halogenated alkanes) is 18. The van der Waals surface area contributed by atoms with E-state index in [0.717, 1.165) is 70.6 Å². The lowest BCUT2D eigenvalue weighted by atomic mass is 10.0. The summed E-state index contributed by atoms with van der Waals surface area (Å²) in [5, 5.41) is 13.6. The maximum absolute atomic E-state index is 12.7. The fourth-order valence-electron chi connectivity index (χ4n) is 5.71. The smallest absolute Gasteiger partial charge is 0.387 e. The number of aliphatic hydroxyl groups is 1. The molecular formula is C43H79N2O6P. The Morgan fingerprint density at radius 2 is 1.12 bits per heavy atom. The van der Waals surface area contributed by atoms with Crippen LogP contribution in [0.1, 0.15) is 174 Å². The maximum Gasteiger partial charge on any atom is 0.472 e. The number of phosphoric acid groups is 1. The van der Waals surface area contributed by atoms with Crippen molar-refractivity contribution in [3.8, 4) is 0 Å². The lowest BCUT2D eigenvalue weighted by Gasteiger charge is -2.23. The van der Waals surface area contributed by atoms with Crippen LogP contribution in [0.15, 0.2) is 60.8 Å². The second-order valence-electron chi connectivity index (χ2n) is 13.8. The van der Waals surface area contributed by atoms with Crippen molar-refractivity contribution in [2.75, 3.05) is 19.8 Å². The van der Waals surface area contributed by atoms with Crippen LogP contribution in [0.5, 0.6) is 0 Å². The molecule has 8 nitrogen and oxygen atoms in total. The first-order chi connectivity index (χ1) is 25.4. The van der Waals surface area contributed by atoms with Crippen LogP contribution in [0.25, 0.3) is 0 Å². The molecule has 0 aliphatic carbocycles. The van der Waals surface area contributed by atoms with Crippen LogP contribution >= 0.6 is 7.82 Å². The summed E-state index contributed by atoms with van der Waals surface area (Å²) in [6, 6.07) is -0.866. The molecule has 0 saturated carbocycles. The Hall–Kier alpha value is -1.80. The van der Waals surface area contributed by atoms with Crippen molar-refractivity contribution in [2.24, 2.45) is 5.73 Å². The molecule has 0 aromatic heterocycles. The SMILES string of the molecule is CC/C=C\C/C=C\C/C=C\C/C=C\CCCCCCCCCCC(=O)NC(COP(=O)(O)OCCN)C(O)/C=C/CCCCCCCCCCCC. The minimum Gasteiger partial charge on any atom is -0.387 e. The minimum absolute atomic E-state index is 0.0745. The molecule has 0 radical (unpaired) electrons. The normalized spacial score (nSPS) is 14.8. The molecule has 0 spiro atoms. The highest BCUT2D eigenvalue weighted by Crippen LogP contribution is 2.43. The van der Waals surface area contributed by atoms with Crippen LogP contribution in [0, 0.1) is 0 Å². The number of nitrogens with one attached hydrogen (secondary N) is 1. The minimum atomic E-state index is -4.34. The van der Waals surface area contributed by atoms with Crippen molar-refractivity contribution in [3.05, 3.63) is 60.8 Å². The van der Waals surface area contributed by atoms with Crippen molar-refractivity contribution >= 4 is 13.7 Å². The van der Waals surface area contributed by atoms with Gasteiger partial charge in [0.2, 0.25) is 5.91 Å². The number of aliphatic hydroxyl groups excluding tert-OH is 1. The van der Waals surface area contributed by atoms with Crippen LogP contribution in [0.2, 0.25) is 0 Å². The van der Waals surface area contributed by atoms with E-state index in [2.05, 4.69) is 67.8 Å². The number of nitrogens with two attached hydrogens (primary N) is 1. The lowest BCUT2D eigenvalue weighted by molar-refractivity contribution is -0.123.